The Balaban J connectivity index is 4.33. The first-order chi connectivity index (χ1) is 10.4. The van der Waals surface area contributed by atoms with E-state index < -0.39 is 0 Å². The molecule has 23 heavy (non-hydrogen) atoms. The lowest BCUT2D eigenvalue weighted by atomic mass is 9.75. The Bertz CT molecular complexity index is 279. The van der Waals surface area contributed by atoms with Crippen molar-refractivity contribution >= 4 is 23.5 Å². The van der Waals surface area contributed by atoms with Crippen LogP contribution in [0.15, 0.2) is 0 Å². The molecule has 0 bridgehead atoms. The van der Waals surface area contributed by atoms with E-state index in [9.17, 15) is 0 Å². The van der Waals surface area contributed by atoms with Crippen molar-refractivity contribution in [2.45, 2.75) is 82.1 Å². The Hall–Kier alpha value is 0.700. The molecule has 0 spiro atoms. The Morgan fingerprint density at radius 2 is 0.913 bits per heavy atom. The molecule has 0 saturated carbocycles. The Morgan fingerprint density at radius 1 is 0.609 bits per heavy atom. The van der Waals surface area contributed by atoms with Gasteiger partial charge in [-0.05, 0) is 58.8 Å². The van der Waals surface area contributed by atoms with Crippen LogP contribution >= 0.6 is 23.5 Å². The molecule has 0 amide bonds. The zero-order valence-electron chi connectivity index (χ0n) is 17.7. The second-order valence-corrected chi connectivity index (χ2v) is 12.0. The van der Waals surface area contributed by atoms with Crippen molar-refractivity contribution in [2.75, 3.05) is 16.6 Å². The van der Waals surface area contributed by atoms with Crippen molar-refractivity contribution in [1.29, 1.82) is 0 Å². The number of rotatable bonds is 12. The average molecular weight is 361 g/mol. The molecule has 0 aliphatic rings. The molecule has 0 N–H and O–H groups in total. The molecule has 0 heterocycles. The summed E-state index contributed by atoms with van der Waals surface area (Å²) in [6.45, 7) is 24.0. The van der Waals surface area contributed by atoms with Crippen molar-refractivity contribution in [3.63, 3.8) is 0 Å². The molecular formula is C21H44S2. The fourth-order valence-electron chi connectivity index (χ4n) is 3.40. The maximum absolute atomic E-state index is 2.49. The van der Waals surface area contributed by atoms with Gasteiger partial charge in [0.1, 0.15) is 0 Å². The molecule has 0 aromatic heterocycles. The topological polar surface area (TPSA) is 0 Å². The Labute approximate surface area is 156 Å². The molecule has 0 saturated heterocycles. The third-order valence-corrected chi connectivity index (χ3v) is 8.63. The van der Waals surface area contributed by atoms with Crippen molar-refractivity contribution in [3.05, 3.63) is 0 Å². The summed E-state index contributed by atoms with van der Waals surface area (Å²) in [5, 5.41) is 1.25. The second-order valence-electron chi connectivity index (χ2n) is 9.63. The number of thioether (sulfide) groups is 2. The Morgan fingerprint density at radius 3 is 1.13 bits per heavy atom. The summed E-state index contributed by atoms with van der Waals surface area (Å²) in [6, 6.07) is 0. The zero-order valence-corrected chi connectivity index (χ0v) is 19.3. The van der Waals surface area contributed by atoms with Gasteiger partial charge in [-0.15, -0.1) is 0 Å². The van der Waals surface area contributed by atoms with Crippen LogP contribution < -0.4 is 0 Å². The normalized spacial score (nSPS) is 18.0. The van der Waals surface area contributed by atoms with Crippen molar-refractivity contribution in [3.8, 4) is 0 Å². The molecule has 0 aliphatic heterocycles. The lowest BCUT2D eigenvalue weighted by Crippen LogP contribution is -2.29. The first kappa shape index (κ1) is 23.7. The van der Waals surface area contributed by atoms with Crippen LogP contribution in [0, 0.1) is 34.5 Å². The SMILES string of the molecule is CC(C)CC(C)(CSCSCC(C)(CC(C)C)C(C)C)C(C)C. The summed E-state index contributed by atoms with van der Waals surface area (Å²) in [6.07, 6.45) is 2.69. The van der Waals surface area contributed by atoms with E-state index in [2.05, 4.69) is 92.8 Å². The average Bonchev–Trinajstić information content (AvgIpc) is 2.36. The van der Waals surface area contributed by atoms with E-state index in [4.69, 9.17) is 0 Å². The van der Waals surface area contributed by atoms with E-state index in [1.54, 1.807) is 0 Å². The van der Waals surface area contributed by atoms with Crippen LogP contribution in [0.2, 0.25) is 0 Å². The van der Waals surface area contributed by atoms with Crippen LogP contribution in [0.1, 0.15) is 82.1 Å². The lowest BCUT2D eigenvalue weighted by molar-refractivity contribution is 0.206. The van der Waals surface area contributed by atoms with Gasteiger partial charge in [-0.1, -0.05) is 69.2 Å². The summed E-state index contributed by atoms with van der Waals surface area (Å²) in [7, 11) is 0. The molecule has 0 radical (unpaired) electrons. The summed E-state index contributed by atoms with van der Waals surface area (Å²) < 4.78 is 0. The molecule has 0 aliphatic carbocycles. The molecule has 0 aromatic rings. The van der Waals surface area contributed by atoms with Gasteiger partial charge in [-0.25, -0.2) is 0 Å². The molecule has 0 fully saturated rings. The highest BCUT2D eigenvalue weighted by atomic mass is 32.2. The van der Waals surface area contributed by atoms with E-state index in [1.807, 2.05) is 0 Å². The van der Waals surface area contributed by atoms with Gasteiger partial charge >= 0.3 is 0 Å². The van der Waals surface area contributed by atoms with Gasteiger partial charge in [0.2, 0.25) is 0 Å². The van der Waals surface area contributed by atoms with Crippen molar-refractivity contribution < 1.29 is 0 Å². The molecule has 0 aromatic carbocycles. The summed E-state index contributed by atoms with van der Waals surface area (Å²) in [5.41, 5.74) is 0.970. The Kier molecular flexibility index (Phi) is 11.0. The third-order valence-electron chi connectivity index (χ3n) is 5.57. The van der Waals surface area contributed by atoms with E-state index in [1.165, 1.54) is 29.4 Å². The van der Waals surface area contributed by atoms with Crippen LogP contribution in [-0.4, -0.2) is 16.6 Å². The molecule has 2 unspecified atom stereocenters. The van der Waals surface area contributed by atoms with Gasteiger partial charge in [0, 0.05) is 5.08 Å². The summed E-state index contributed by atoms with van der Waals surface area (Å²) in [5.74, 6) is 5.74. The third kappa shape index (κ3) is 9.10. The smallest absolute Gasteiger partial charge is 0.0392 e. The highest BCUT2D eigenvalue weighted by molar-refractivity contribution is 8.16. The standard InChI is InChI=1S/C21H44S2/c1-16(2)11-20(9,18(5)6)13-22-15-23-14-21(10,19(7)8)12-17(3)4/h16-19H,11-15H2,1-10H3. The predicted molar refractivity (Wildman–Crippen MR) is 115 cm³/mol. The van der Waals surface area contributed by atoms with Crippen LogP contribution in [0.3, 0.4) is 0 Å². The fraction of sp³-hybridized carbons (Fsp3) is 1.00. The zero-order chi connectivity index (χ0) is 18.3. The van der Waals surface area contributed by atoms with E-state index in [0.29, 0.717) is 10.8 Å². The quantitative estimate of drug-likeness (QED) is 0.257. The van der Waals surface area contributed by atoms with Gasteiger partial charge in [-0.3, -0.25) is 0 Å². The van der Waals surface area contributed by atoms with Crippen LogP contribution in [0.5, 0.6) is 0 Å². The van der Waals surface area contributed by atoms with E-state index in [0.717, 1.165) is 23.7 Å². The van der Waals surface area contributed by atoms with Crippen LogP contribution in [-0.2, 0) is 0 Å². The minimum absolute atomic E-state index is 0.485. The van der Waals surface area contributed by atoms with Gasteiger partial charge in [0.25, 0.3) is 0 Å². The fourth-order valence-corrected chi connectivity index (χ4v) is 6.37. The highest BCUT2D eigenvalue weighted by Gasteiger charge is 2.30. The van der Waals surface area contributed by atoms with Gasteiger partial charge in [0.15, 0.2) is 0 Å². The van der Waals surface area contributed by atoms with Crippen LogP contribution in [0.4, 0.5) is 0 Å². The maximum atomic E-state index is 2.49. The monoisotopic (exact) mass is 360 g/mol. The van der Waals surface area contributed by atoms with E-state index in [-0.39, 0.29) is 0 Å². The minimum Gasteiger partial charge on any atom is -0.150 e. The van der Waals surface area contributed by atoms with Crippen molar-refractivity contribution in [2.24, 2.45) is 34.5 Å². The molecule has 2 atom stereocenters. The summed E-state index contributed by atoms with van der Waals surface area (Å²) >= 11 is 4.33. The number of hydrogen-bond donors (Lipinski definition) is 0. The highest BCUT2D eigenvalue weighted by Crippen LogP contribution is 2.40. The van der Waals surface area contributed by atoms with Crippen LogP contribution in [0.25, 0.3) is 0 Å². The summed E-state index contributed by atoms with van der Waals surface area (Å²) in [4.78, 5) is 0. The number of hydrogen-bond acceptors (Lipinski definition) is 2. The maximum Gasteiger partial charge on any atom is 0.0392 e. The molecule has 0 nitrogen and oxygen atoms in total. The lowest BCUT2D eigenvalue weighted by Gasteiger charge is -2.36. The minimum atomic E-state index is 0.485. The second kappa shape index (κ2) is 10.6. The molecular weight excluding hydrogens is 316 g/mol. The molecule has 140 valence electrons. The molecule has 2 heteroatoms. The predicted octanol–water partition coefficient (Wildman–Crippen LogP) is 7.83. The van der Waals surface area contributed by atoms with Crippen molar-refractivity contribution in [1.82, 2.24) is 0 Å². The molecule has 0 rings (SSSR count). The van der Waals surface area contributed by atoms with Gasteiger partial charge in [-0.2, -0.15) is 23.5 Å². The van der Waals surface area contributed by atoms with Gasteiger partial charge < -0.3 is 0 Å². The first-order valence-corrected chi connectivity index (χ1v) is 11.9. The first-order valence-electron chi connectivity index (χ1n) is 9.58. The largest absolute Gasteiger partial charge is 0.150 e. The van der Waals surface area contributed by atoms with Gasteiger partial charge in [0.05, 0.1) is 0 Å². The van der Waals surface area contributed by atoms with E-state index >= 15 is 0 Å².